The van der Waals surface area contributed by atoms with Crippen molar-refractivity contribution in [2.45, 2.75) is 37.9 Å². The zero-order valence-corrected chi connectivity index (χ0v) is 13.9. The molecule has 1 atom stereocenters. The molecule has 112 valence electrons. The summed E-state index contributed by atoms with van der Waals surface area (Å²) in [6.45, 7) is 4.01. The van der Waals surface area contributed by atoms with Gasteiger partial charge in [-0.1, -0.05) is 0 Å². The van der Waals surface area contributed by atoms with E-state index in [1.54, 1.807) is 11.3 Å². The summed E-state index contributed by atoms with van der Waals surface area (Å²) in [5.74, 6) is 2.24. The molecule has 20 heavy (non-hydrogen) atoms. The second-order valence-electron chi connectivity index (χ2n) is 5.00. The Morgan fingerprint density at radius 2 is 2.40 bits per heavy atom. The normalized spacial score (nSPS) is 19.3. The van der Waals surface area contributed by atoms with E-state index >= 15 is 0 Å². The Hall–Kier alpha value is -0.750. The second kappa shape index (κ2) is 8.52. The average Bonchev–Trinajstić information content (AvgIpc) is 3.09. The fourth-order valence-electron chi connectivity index (χ4n) is 2.20. The highest BCUT2D eigenvalue weighted by Gasteiger charge is 2.15. The van der Waals surface area contributed by atoms with Crippen molar-refractivity contribution in [2.24, 2.45) is 4.99 Å². The summed E-state index contributed by atoms with van der Waals surface area (Å²) < 4.78 is 0. The van der Waals surface area contributed by atoms with Gasteiger partial charge >= 0.3 is 0 Å². The van der Waals surface area contributed by atoms with Gasteiger partial charge in [-0.25, -0.2) is 4.98 Å². The molecule has 1 aliphatic rings. The molecule has 1 aromatic heterocycles. The van der Waals surface area contributed by atoms with E-state index < -0.39 is 0 Å². The summed E-state index contributed by atoms with van der Waals surface area (Å²) in [5.41, 5.74) is 1.13. The van der Waals surface area contributed by atoms with Crippen LogP contribution in [0.4, 0.5) is 0 Å². The molecule has 2 N–H and O–H groups in total. The first-order valence-electron chi connectivity index (χ1n) is 7.25. The summed E-state index contributed by atoms with van der Waals surface area (Å²) in [4.78, 5) is 8.75. The predicted molar refractivity (Wildman–Crippen MR) is 90.0 cm³/mol. The van der Waals surface area contributed by atoms with Crippen molar-refractivity contribution in [2.75, 3.05) is 25.9 Å². The molecule has 0 saturated carbocycles. The van der Waals surface area contributed by atoms with E-state index in [9.17, 15) is 0 Å². The highest BCUT2D eigenvalue weighted by Crippen LogP contribution is 2.25. The summed E-state index contributed by atoms with van der Waals surface area (Å²) >= 11 is 3.82. The van der Waals surface area contributed by atoms with Crippen LogP contribution in [-0.2, 0) is 6.42 Å². The van der Waals surface area contributed by atoms with Crippen LogP contribution >= 0.6 is 23.1 Å². The summed E-state index contributed by atoms with van der Waals surface area (Å²) in [6, 6.07) is 0. The van der Waals surface area contributed by atoms with Crippen LogP contribution in [0.1, 0.15) is 30.0 Å². The molecule has 6 heteroatoms. The lowest BCUT2D eigenvalue weighted by Gasteiger charge is -2.14. The Morgan fingerprint density at radius 3 is 3.05 bits per heavy atom. The number of hydrogen-bond acceptors (Lipinski definition) is 4. The molecule has 1 saturated heterocycles. The Balaban J connectivity index is 1.58. The molecule has 1 aromatic rings. The van der Waals surface area contributed by atoms with Gasteiger partial charge in [-0.3, -0.25) is 4.99 Å². The van der Waals surface area contributed by atoms with E-state index in [4.69, 9.17) is 0 Å². The maximum absolute atomic E-state index is 4.48. The first-order chi connectivity index (χ1) is 9.78. The highest BCUT2D eigenvalue weighted by molar-refractivity contribution is 8.00. The van der Waals surface area contributed by atoms with Gasteiger partial charge in [0.1, 0.15) is 0 Å². The minimum Gasteiger partial charge on any atom is -0.356 e. The van der Waals surface area contributed by atoms with Gasteiger partial charge in [-0.05, 0) is 31.9 Å². The number of nitrogens with zero attached hydrogens (tertiary/aromatic N) is 2. The van der Waals surface area contributed by atoms with Crippen molar-refractivity contribution < 1.29 is 0 Å². The predicted octanol–water partition coefficient (Wildman–Crippen LogP) is 2.44. The molecule has 1 unspecified atom stereocenters. The second-order valence-corrected chi connectivity index (χ2v) is 7.35. The molecular formula is C14H24N4S2. The topological polar surface area (TPSA) is 49.3 Å². The first kappa shape index (κ1) is 15.6. The zero-order chi connectivity index (χ0) is 14.2. The quantitative estimate of drug-likeness (QED) is 0.481. The van der Waals surface area contributed by atoms with Gasteiger partial charge < -0.3 is 10.6 Å². The minimum absolute atomic E-state index is 0.756. The Bertz CT molecular complexity index is 425. The summed E-state index contributed by atoms with van der Waals surface area (Å²) in [7, 11) is 1.83. The van der Waals surface area contributed by atoms with Crippen LogP contribution in [0.5, 0.6) is 0 Å². The molecular weight excluding hydrogens is 288 g/mol. The van der Waals surface area contributed by atoms with Crippen molar-refractivity contribution in [1.29, 1.82) is 0 Å². The third kappa shape index (κ3) is 5.32. The lowest BCUT2D eigenvalue weighted by molar-refractivity contribution is 0.709. The molecule has 4 nitrogen and oxygen atoms in total. The number of aliphatic imine (C=N–C) groups is 1. The first-order valence-corrected chi connectivity index (χ1v) is 9.18. The summed E-state index contributed by atoms with van der Waals surface area (Å²) in [6.07, 6.45) is 4.82. The van der Waals surface area contributed by atoms with Crippen LogP contribution in [0.3, 0.4) is 0 Å². The molecule has 2 heterocycles. The van der Waals surface area contributed by atoms with Crippen LogP contribution in [0, 0.1) is 6.92 Å². The molecule has 1 fully saturated rings. The van der Waals surface area contributed by atoms with Gasteiger partial charge in [-0.2, -0.15) is 11.8 Å². The van der Waals surface area contributed by atoms with Crippen molar-refractivity contribution in [1.82, 2.24) is 15.6 Å². The standard InChI is InChI=1S/C14H24N4S2/c1-11-10-20-13(18-11)6-3-7-16-14(15-2)17-9-12-5-4-8-19-12/h10,12H,3-9H2,1-2H3,(H2,15,16,17). The molecule has 0 aliphatic carbocycles. The summed E-state index contributed by atoms with van der Waals surface area (Å²) in [5, 5.41) is 10.9. The van der Waals surface area contributed by atoms with Crippen molar-refractivity contribution in [3.8, 4) is 0 Å². The number of thiazole rings is 1. The maximum Gasteiger partial charge on any atom is 0.191 e. The highest BCUT2D eigenvalue weighted by atomic mass is 32.2. The van der Waals surface area contributed by atoms with E-state index in [1.807, 2.05) is 14.0 Å². The van der Waals surface area contributed by atoms with Crippen molar-refractivity contribution >= 4 is 29.1 Å². The van der Waals surface area contributed by atoms with Crippen LogP contribution in [-0.4, -0.2) is 42.1 Å². The Labute approximate surface area is 129 Å². The van der Waals surface area contributed by atoms with Crippen LogP contribution in [0.2, 0.25) is 0 Å². The van der Waals surface area contributed by atoms with Crippen LogP contribution in [0.15, 0.2) is 10.4 Å². The maximum atomic E-state index is 4.48. The third-order valence-electron chi connectivity index (χ3n) is 3.27. The van der Waals surface area contributed by atoms with E-state index in [0.29, 0.717) is 0 Å². The number of nitrogens with one attached hydrogen (secondary N) is 2. The molecule has 0 aromatic carbocycles. The molecule has 0 amide bonds. The van der Waals surface area contributed by atoms with Gasteiger partial charge in [0, 0.05) is 42.9 Å². The van der Waals surface area contributed by atoms with Crippen LogP contribution in [0.25, 0.3) is 0 Å². The van der Waals surface area contributed by atoms with Gasteiger partial charge in [0.05, 0.1) is 5.01 Å². The molecule has 1 aliphatic heterocycles. The monoisotopic (exact) mass is 312 g/mol. The van der Waals surface area contributed by atoms with Crippen molar-refractivity contribution in [3.05, 3.63) is 16.1 Å². The Morgan fingerprint density at radius 1 is 1.50 bits per heavy atom. The van der Waals surface area contributed by atoms with Gasteiger partial charge in [0.15, 0.2) is 5.96 Å². The van der Waals surface area contributed by atoms with E-state index in [2.05, 4.69) is 37.8 Å². The number of aromatic nitrogens is 1. The van der Waals surface area contributed by atoms with Gasteiger partial charge in [0.25, 0.3) is 0 Å². The largest absolute Gasteiger partial charge is 0.356 e. The van der Waals surface area contributed by atoms with E-state index in [0.717, 1.165) is 42.8 Å². The molecule has 0 bridgehead atoms. The fourth-order valence-corrected chi connectivity index (χ4v) is 4.22. The number of hydrogen-bond donors (Lipinski definition) is 2. The lowest BCUT2D eigenvalue weighted by atomic mass is 10.2. The third-order valence-corrected chi connectivity index (χ3v) is 5.70. The fraction of sp³-hybridized carbons (Fsp3) is 0.714. The van der Waals surface area contributed by atoms with Crippen molar-refractivity contribution in [3.63, 3.8) is 0 Å². The number of rotatable bonds is 6. The number of thioether (sulfide) groups is 1. The zero-order valence-electron chi connectivity index (χ0n) is 12.3. The SMILES string of the molecule is CN=C(NCCCc1nc(C)cs1)NCC1CCCS1. The smallest absolute Gasteiger partial charge is 0.191 e. The number of guanidine groups is 1. The average molecular weight is 313 g/mol. The van der Waals surface area contributed by atoms with E-state index in [-0.39, 0.29) is 0 Å². The lowest BCUT2D eigenvalue weighted by Crippen LogP contribution is -2.40. The molecule has 2 rings (SSSR count). The minimum atomic E-state index is 0.756. The van der Waals surface area contributed by atoms with E-state index in [1.165, 1.54) is 23.6 Å². The molecule has 0 spiro atoms. The van der Waals surface area contributed by atoms with Gasteiger partial charge in [-0.15, -0.1) is 11.3 Å². The Kier molecular flexibility index (Phi) is 6.66. The molecule has 0 radical (unpaired) electrons. The van der Waals surface area contributed by atoms with Crippen LogP contribution < -0.4 is 10.6 Å². The number of aryl methyl sites for hydroxylation is 2. The van der Waals surface area contributed by atoms with Gasteiger partial charge in [0.2, 0.25) is 0 Å².